The molecule has 1 atom stereocenters. The van der Waals surface area contributed by atoms with E-state index in [4.69, 9.17) is 5.11 Å². The molecule has 0 fully saturated rings. The molecule has 0 aliphatic heterocycles. The summed E-state index contributed by atoms with van der Waals surface area (Å²) in [5, 5.41) is 12.4. The summed E-state index contributed by atoms with van der Waals surface area (Å²) in [5.41, 5.74) is 2.43. The van der Waals surface area contributed by atoms with Crippen LogP contribution in [0.5, 0.6) is 0 Å². The Morgan fingerprint density at radius 2 is 1.52 bits per heavy atom. The molecule has 0 aliphatic rings. The Morgan fingerprint density at radius 1 is 0.952 bits per heavy atom. The predicted molar refractivity (Wildman–Crippen MR) is 84.3 cm³/mol. The Morgan fingerprint density at radius 3 is 2.10 bits per heavy atom. The van der Waals surface area contributed by atoms with E-state index < -0.39 is 5.97 Å². The first-order valence-electron chi connectivity index (χ1n) is 7.27. The van der Waals surface area contributed by atoms with Crippen molar-refractivity contribution >= 4 is 5.97 Å². The van der Waals surface area contributed by atoms with Crippen molar-refractivity contribution < 1.29 is 9.90 Å². The van der Waals surface area contributed by atoms with Crippen molar-refractivity contribution in [3.05, 3.63) is 71.8 Å². The summed E-state index contributed by atoms with van der Waals surface area (Å²) in [4.78, 5) is 11.0. The second-order valence-corrected chi connectivity index (χ2v) is 5.17. The Hall–Kier alpha value is -2.13. The maximum atomic E-state index is 11.0. The van der Waals surface area contributed by atoms with E-state index in [9.17, 15) is 4.79 Å². The molecule has 3 nitrogen and oxygen atoms in total. The van der Waals surface area contributed by atoms with Gasteiger partial charge in [-0.2, -0.15) is 0 Å². The van der Waals surface area contributed by atoms with Crippen LogP contribution in [0.3, 0.4) is 0 Å². The van der Waals surface area contributed by atoms with E-state index >= 15 is 0 Å². The highest BCUT2D eigenvalue weighted by molar-refractivity contribution is 5.67. The molecule has 2 N–H and O–H groups in total. The van der Waals surface area contributed by atoms with Crippen LogP contribution in [0.1, 0.15) is 17.5 Å². The molecular formula is C18H21NO2. The predicted octanol–water partition coefficient (Wildman–Crippen LogP) is 2.90. The van der Waals surface area contributed by atoms with Crippen LogP contribution in [0.15, 0.2) is 60.7 Å². The number of rotatable bonds is 8. The monoisotopic (exact) mass is 283 g/mol. The van der Waals surface area contributed by atoms with E-state index in [1.165, 1.54) is 5.56 Å². The summed E-state index contributed by atoms with van der Waals surface area (Å²) in [6.07, 6.45) is 1.79. The van der Waals surface area contributed by atoms with Gasteiger partial charge in [0.15, 0.2) is 0 Å². The average Bonchev–Trinajstić information content (AvgIpc) is 2.49. The van der Waals surface area contributed by atoms with Gasteiger partial charge in [0.1, 0.15) is 0 Å². The minimum absolute atomic E-state index is 0.0337. The number of carbonyl (C=O) groups is 1. The topological polar surface area (TPSA) is 49.3 Å². The van der Waals surface area contributed by atoms with Crippen LogP contribution in [-0.2, 0) is 17.6 Å². The molecule has 2 aromatic rings. The van der Waals surface area contributed by atoms with Crippen LogP contribution in [0.2, 0.25) is 0 Å². The highest BCUT2D eigenvalue weighted by Gasteiger charge is 2.13. The lowest BCUT2D eigenvalue weighted by atomic mass is 10.0. The Bertz CT molecular complexity index is 540. The zero-order valence-electron chi connectivity index (χ0n) is 12.0. The van der Waals surface area contributed by atoms with Gasteiger partial charge in [-0.25, -0.2) is 0 Å². The fourth-order valence-corrected chi connectivity index (χ4v) is 2.39. The Labute approximate surface area is 125 Å². The molecule has 3 heteroatoms. The first-order chi connectivity index (χ1) is 10.2. The quantitative estimate of drug-likeness (QED) is 0.783. The largest absolute Gasteiger partial charge is 0.481 e. The highest BCUT2D eigenvalue weighted by atomic mass is 16.4. The summed E-state index contributed by atoms with van der Waals surface area (Å²) in [7, 11) is 0. The first-order valence-corrected chi connectivity index (χ1v) is 7.27. The van der Waals surface area contributed by atoms with Crippen LogP contribution in [0.4, 0.5) is 0 Å². The van der Waals surface area contributed by atoms with E-state index in [0.717, 1.165) is 24.9 Å². The Kier molecular flexibility index (Phi) is 5.98. The molecule has 2 aromatic carbocycles. The van der Waals surface area contributed by atoms with Crippen LogP contribution in [-0.4, -0.2) is 23.7 Å². The van der Waals surface area contributed by atoms with Crippen molar-refractivity contribution in [1.82, 2.24) is 5.32 Å². The van der Waals surface area contributed by atoms with E-state index in [1.54, 1.807) is 0 Å². The molecule has 0 amide bonds. The van der Waals surface area contributed by atoms with Crippen LogP contribution < -0.4 is 5.32 Å². The zero-order chi connectivity index (χ0) is 14.9. The first kappa shape index (κ1) is 15.3. The van der Waals surface area contributed by atoms with Crippen molar-refractivity contribution in [3.63, 3.8) is 0 Å². The van der Waals surface area contributed by atoms with Crippen LogP contribution in [0, 0.1) is 0 Å². The SMILES string of the molecule is O=C(O)CC(Cc1ccccc1)NCCc1ccccc1. The van der Waals surface area contributed by atoms with Gasteiger partial charge in [-0.05, 0) is 30.5 Å². The molecule has 0 saturated heterocycles. The number of aliphatic carboxylic acids is 1. The van der Waals surface area contributed by atoms with Gasteiger partial charge in [0.05, 0.1) is 6.42 Å². The molecule has 0 heterocycles. The van der Waals surface area contributed by atoms with Gasteiger partial charge in [-0.15, -0.1) is 0 Å². The minimum atomic E-state index is -0.761. The van der Waals surface area contributed by atoms with Gasteiger partial charge >= 0.3 is 5.97 Å². The number of hydrogen-bond acceptors (Lipinski definition) is 2. The number of carboxylic acid groups (broad SMARTS) is 1. The van der Waals surface area contributed by atoms with Crippen LogP contribution in [0.25, 0.3) is 0 Å². The van der Waals surface area contributed by atoms with Gasteiger partial charge in [0.25, 0.3) is 0 Å². The van der Waals surface area contributed by atoms with Gasteiger partial charge in [0.2, 0.25) is 0 Å². The molecule has 0 aliphatic carbocycles. The molecule has 0 spiro atoms. The lowest BCUT2D eigenvalue weighted by molar-refractivity contribution is -0.137. The zero-order valence-corrected chi connectivity index (χ0v) is 12.0. The summed E-state index contributed by atoms with van der Waals surface area (Å²) in [6.45, 7) is 0.787. The van der Waals surface area contributed by atoms with Crippen molar-refractivity contribution in [2.24, 2.45) is 0 Å². The van der Waals surface area contributed by atoms with Gasteiger partial charge in [-0.1, -0.05) is 60.7 Å². The maximum Gasteiger partial charge on any atom is 0.304 e. The smallest absolute Gasteiger partial charge is 0.304 e. The average molecular weight is 283 g/mol. The van der Waals surface area contributed by atoms with Crippen LogP contribution >= 0.6 is 0 Å². The molecule has 2 rings (SSSR count). The second-order valence-electron chi connectivity index (χ2n) is 5.17. The standard InChI is InChI=1S/C18H21NO2/c20-18(21)14-17(13-16-9-5-2-6-10-16)19-12-11-15-7-3-1-4-8-15/h1-10,17,19H,11-14H2,(H,20,21). The molecule has 1 unspecified atom stereocenters. The van der Waals surface area contributed by atoms with Gasteiger partial charge in [0, 0.05) is 6.04 Å². The molecule has 0 saturated carbocycles. The van der Waals surface area contributed by atoms with E-state index in [1.807, 2.05) is 48.5 Å². The molecule has 0 bridgehead atoms. The number of carboxylic acids is 1. The summed E-state index contributed by atoms with van der Waals surface area (Å²) >= 11 is 0. The fourth-order valence-electron chi connectivity index (χ4n) is 2.39. The molecule has 0 radical (unpaired) electrons. The highest BCUT2D eigenvalue weighted by Crippen LogP contribution is 2.06. The van der Waals surface area contributed by atoms with Gasteiger partial charge < -0.3 is 10.4 Å². The summed E-state index contributed by atoms with van der Waals surface area (Å²) in [6, 6.07) is 20.2. The maximum absolute atomic E-state index is 11.0. The van der Waals surface area contributed by atoms with E-state index in [-0.39, 0.29) is 12.5 Å². The Balaban J connectivity index is 1.86. The lowest BCUT2D eigenvalue weighted by Gasteiger charge is -2.17. The van der Waals surface area contributed by atoms with Crippen molar-refractivity contribution in [2.45, 2.75) is 25.3 Å². The van der Waals surface area contributed by atoms with Crippen molar-refractivity contribution in [3.8, 4) is 0 Å². The third-order valence-electron chi connectivity index (χ3n) is 3.44. The molecule has 21 heavy (non-hydrogen) atoms. The number of hydrogen-bond donors (Lipinski definition) is 2. The number of benzene rings is 2. The lowest BCUT2D eigenvalue weighted by Crippen LogP contribution is -2.34. The minimum Gasteiger partial charge on any atom is -0.481 e. The normalized spacial score (nSPS) is 12.0. The van der Waals surface area contributed by atoms with E-state index in [0.29, 0.717) is 0 Å². The fraction of sp³-hybridized carbons (Fsp3) is 0.278. The second kappa shape index (κ2) is 8.22. The van der Waals surface area contributed by atoms with Crippen molar-refractivity contribution in [2.75, 3.05) is 6.54 Å². The molecular weight excluding hydrogens is 262 g/mol. The third-order valence-corrected chi connectivity index (χ3v) is 3.44. The van der Waals surface area contributed by atoms with Gasteiger partial charge in [-0.3, -0.25) is 4.79 Å². The summed E-state index contributed by atoms with van der Waals surface area (Å²) in [5.74, 6) is -0.761. The van der Waals surface area contributed by atoms with E-state index in [2.05, 4.69) is 17.4 Å². The molecule has 0 aromatic heterocycles. The third kappa shape index (κ3) is 5.79. The van der Waals surface area contributed by atoms with Crippen molar-refractivity contribution in [1.29, 1.82) is 0 Å². The summed E-state index contributed by atoms with van der Waals surface area (Å²) < 4.78 is 0. The molecule has 110 valence electrons. The number of nitrogens with one attached hydrogen (secondary N) is 1.